The van der Waals surface area contributed by atoms with Gasteiger partial charge in [-0.3, -0.25) is 9.59 Å². The number of carbonyl (C=O) groups excluding carboxylic acids is 4. The van der Waals surface area contributed by atoms with Crippen molar-refractivity contribution in [2.45, 2.75) is 142 Å². The number of nitrogens with zero attached hydrogens (tertiary/aromatic N) is 4. The van der Waals surface area contributed by atoms with Gasteiger partial charge in [0.25, 0.3) is 11.8 Å². The predicted molar refractivity (Wildman–Crippen MR) is 303 cm³/mol. The van der Waals surface area contributed by atoms with E-state index in [0.717, 1.165) is 38.5 Å². The molecule has 4 aromatic carbocycles. The Morgan fingerprint density at radius 1 is 0.512 bits per heavy atom. The van der Waals surface area contributed by atoms with Gasteiger partial charge in [-0.1, -0.05) is 76.2 Å². The topological polar surface area (TPSA) is 155 Å². The third-order valence-corrected chi connectivity index (χ3v) is 15.4. The van der Waals surface area contributed by atoms with Gasteiger partial charge in [0, 0.05) is 88.8 Å². The number of hydrogen-bond acceptors (Lipinski definition) is 14. The van der Waals surface area contributed by atoms with Crippen LogP contribution in [0.2, 0.25) is 0 Å². The maximum atomic E-state index is 15.4. The van der Waals surface area contributed by atoms with Crippen molar-refractivity contribution < 1.29 is 65.9 Å². The van der Waals surface area contributed by atoms with Crippen LogP contribution in [0.25, 0.3) is 0 Å². The lowest BCUT2D eigenvalue weighted by molar-refractivity contribution is -0.181. The van der Waals surface area contributed by atoms with E-state index in [-0.39, 0.29) is 60.7 Å². The summed E-state index contributed by atoms with van der Waals surface area (Å²) in [5, 5.41) is 0. The van der Waals surface area contributed by atoms with Crippen LogP contribution in [-0.2, 0) is 60.7 Å². The first-order valence-corrected chi connectivity index (χ1v) is 29.6. The second-order valence-electron chi connectivity index (χ2n) is 22.8. The molecule has 16 nitrogen and oxygen atoms in total. The molecule has 0 bridgehead atoms. The number of benzene rings is 4. The van der Waals surface area contributed by atoms with Gasteiger partial charge in [-0.15, -0.1) is 0 Å². The molecule has 4 atom stereocenters. The van der Waals surface area contributed by atoms with E-state index >= 15 is 9.59 Å². The van der Waals surface area contributed by atoms with Crippen molar-refractivity contribution in [2.75, 3.05) is 78.9 Å². The molecule has 4 saturated heterocycles. The van der Waals surface area contributed by atoms with Crippen molar-refractivity contribution in [3.63, 3.8) is 0 Å². The Morgan fingerprint density at radius 2 is 0.878 bits per heavy atom. The second-order valence-corrected chi connectivity index (χ2v) is 22.8. The Kier molecular flexibility index (Phi) is 23.9. The molecule has 0 spiro atoms. The number of piperidine rings is 2. The van der Waals surface area contributed by atoms with Crippen molar-refractivity contribution in [3.8, 4) is 11.5 Å². The van der Waals surface area contributed by atoms with E-state index in [4.69, 9.17) is 37.9 Å². The molecule has 4 heterocycles. The van der Waals surface area contributed by atoms with Crippen LogP contribution in [0.5, 0.6) is 11.5 Å². The van der Waals surface area contributed by atoms with E-state index in [1.807, 2.05) is 27.7 Å². The molecule has 0 N–H and O–H groups in total. The molecule has 4 unspecified atom stereocenters. The van der Waals surface area contributed by atoms with Crippen molar-refractivity contribution in [1.82, 2.24) is 19.6 Å². The quantitative estimate of drug-likeness (QED) is 0.0433. The van der Waals surface area contributed by atoms with Gasteiger partial charge in [-0.2, -0.15) is 0 Å². The molecule has 4 aromatic rings. The van der Waals surface area contributed by atoms with Crippen LogP contribution in [-0.4, -0.2) is 147 Å². The average Bonchev–Trinajstić information content (AvgIpc) is 3.56. The van der Waals surface area contributed by atoms with Gasteiger partial charge in [-0.25, -0.2) is 18.4 Å². The highest BCUT2D eigenvalue weighted by molar-refractivity contribution is 6.30. The lowest BCUT2D eigenvalue weighted by atomic mass is 9.99. The number of amides is 2. The maximum Gasteiger partial charge on any atom is 0.418 e. The summed E-state index contributed by atoms with van der Waals surface area (Å²) in [7, 11) is 0. The number of carbonyl (C=O) groups is 4. The average molecular weight is 1140 g/mol. The molecule has 4 aliphatic heterocycles. The third kappa shape index (κ3) is 19.0. The fraction of sp³-hybridized carbons (Fsp3) is 0.562. The second kappa shape index (κ2) is 31.6. The van der Waals surface area contributed by atoms with E-state index in [9.17, 15) is 18.4 Å². The maximum absolute atomic E-state index is 15.4. The fourth-order valence-electron chi connectivity index (χ4n) is 10.7. The van der Waals surface area contributed by atoms with Gasteiger partial charge in [0.05, 0.1) is 26.4 Å². The molecular formula is C64H84F2N4O12. The Balaban J connectivity index is 1.04. The molecule has 0 saturated carbocycles. The summed E-state index contributed by atoms with van der Waals surface area (Å²) in [5.74, 6) is -3.53. The van der Waals surface area contributed by atoms with Crippen LogP contribution in [0.4, 0.5) is 8.78 Å². The summed E-state index contributed by atoms with van der Waals surface area (Å²) in [5.41, 5.74) is 1.83. The first-order valence-electron chi connectivity index (χ1n) is 29.6. The molecule has 4 aliphatic rings. The molecule has 4 fully saturated rings. The van der Waals surface area contributed by atoms with Crippen molar-refractivity contribution in [1.29, 1.82) is 0 Å². The summed E-state index contributed by atoms with van der Waals surface area (Å²) >= 11 is 0. The lowest BCUT2D eigenvalue weighted by Crippen LogP contribution is -2.50. The van der Waals surface area contributed by atoms with Gasteiger partial charge >= 0.3 is 11.9 Å². The fourth-order valence-corrected chi connectivity index (χ4v) is 10.7. The number of likely N-dealkylation sites (tertiary alicyclic amines) is 2. The minimum atomic E-state index is -1.66. The number of hydrogen-bond donors (Lipinski definition) is 0. The van der Waals surface area contributed by atoms with E-state index < -0.39 is 47.6 Å². The minimum Gasteiger partial charge on any atom is -0.493 e. The zero-order chi connectivity index (χ0) is 57.8. The molecule has 446 valence electrons. The summed E-state index contributed by atoms with van der Waals surface area (Å²) in [6.45, 7) is 15.4. The molecule has 8 rings (SSSR count). The highest BCUT2D eigenvalue weighted by Gasteiger charge is 2.40. The van der Waals surface area contributed by atoms with E-state index in [0.29, 0.717) is 127 Å². The molecule has 2 amide bonds. The smallest absolute Gasteiger partial charge is 0.418 e. The van der Waals surface area contributed by atoms with Gasteiger partial charge < -0.3 is 57.5 Å². The third-order valence-electron chi connectivity index (χ3n) is 15.4. The normalized spacial score (nSPS) is 19.3. The highest BCUT2D eigenvalue weighted by Crippen LogP contribution is 2.32. The molecule has 0 aliphatic carbocycles. The zero-order valence-electron chi connectivity index (χ0n) is 48.3. The van der Waals surface area contributed by atoms with Gasteiger partial charge in [-0.05, 0) is 136 Å². The van der Waals surface area contributed by atoms with E-state index in [1.54, 1.807) is 82.6 Å². The highest BCUT2D eigenvalue weighted by atomic mass is 19.1. The Bertz CT molecular complexity index is 2400. The van der Waals surface area contributed by atoms with Gasteiger partial charge in [0.2, 0.25) is 12.2 Å². The summed E-state index contributed by atoms with van der Waals surface area (Å²) < 4.78 is 76.3. The first-order chi connectivity index (χ1) is 39.7. The number of rotatable bonds is 26. The molecule has 0 radical (unpaired) electrons. The molecule has 18 heteroatoms. The van der Waals surface area contributed by atoms with Crippen LogP contribution in [0.1, 0.15) is 126 Å². The summed E-state index contributed by atoms with van der Waals surface area (Å²) in [4.78, 5) is 67.9. The first kappa shape index (κ1) is 62.0. The molecular weight excluding hydrogens is 1050 g/mol. The predicted octanol–water partition coefficient (Wildman–Crippen LogP) is 9.98. The Morgan fingerprint density at radius 3 is 1.21 bits per heavy atom. The summed E-state index contributed by atoms with van der Waals surface area (Å²) in [6.07, 6.45) is 4.49. The van der Waals surface area contributed by atoms with Crippen LogP contribution in [0.3, 0.4) is 0 Å². The largest absolute Gasteiger partial charge is 0.493 e. The lowest BCUT2D eigenvalue weighted by Gasteiger charge is -2.40. The monoisotopic (exact) mass is 1140 g/mol. The zero-order valence-corrected chi connectivity index (χ0v) is 48.3. The SMILES string of the molecule is CC(C)COc1ccc(C(OC(=O)C(=O)OC(C(=O)N(Cc2ccc(F)cc2)C2CCN(CCOC3CCCCO3)CC2)c2ccc(OCC(C)C)cc2)C(=O)N(Cc2ccc(F)cc2)C2CCN(CCOC3CCCCO3)CC2)cc1. The van der Waals surface area contributed by atoms with Crippen LogP contribution in [0, 0.1) is 23.5 Å². The number of ether oxygens (including phenoxy) is 8. The Hall–Kier alpha value is -6.02. The van der Waals surface area contributed by atoms with Crippen LogP contribution >= 0.6 is 0 Å². The van der Waals surface area contributed by atoms with E-state index in [1.165, 1.54) is 24.3 Å². The molecule has 0 aromatic heterocycles. The number of esters is 2. The van der Waals surface area contributed by atoms with Crippen LogP contribution in [0.15, 0.2) is 97.1 Å². The summed E-state index contributed by atoms with van der Waals surface area (Å²) in [6, 6.07) is 24.3. The minimum absolute atomic E-state index is 0.0550. The number of halogens is 2. The van der Waals surface area contributed by atoms with Crippen molar-refractivity contribution in [2.24, 2.45) is 11.8 Å². The van der Waals surface area contributed by atoms with Crippen LogP contribution < -0.4 is 9.47 Å². The van der Waals surface area contributed by atoms with Gasteiger partial charge in [0.1, 0.15) is 23.1 Å². The van der Waals surface area contributed by atoms with Gasteiger partial charge in [0.15, 0.2) is 12.6 Å². The molecule has 82 heavy (non-hydrogen) atoms. The standard InChI is InChI=1S/C64H84F2N4O12/c1-45(2)43-79-55-23-15-49(16-24-55)59(61(71)69(41-47-11-19-51(65)20-12-47)53-27-31-67(32-28-53)35-39-77-57-9-5-7-37-75-57)81-63(73)64(74)82-60(50-17-25-56(26-18-50)80-44-46(3)4)62(72)70(42-48-13-21-52(66)22-14-48)54-29-33-68(34-30-54)36-40-78-58-10-6-8-38-76-58/h11-26,45-46,53-54,57-60H,5-10,27-44H2,1-4H3. The Labute approximate surface area is 482 Å². The van der Waals surface area contributed by atoms with Crippen molar-refractivity contribution in [3.05, 3.63) is 131 Å². The van der Waals surface area contributed by atoms with E-state index in [2.05, 4.69) is 9.80 Å². The van der Waals surface area contributed by atoms with Crippen molar-refractivity contribution >= 4 is 23.8 Å².